The van der Waals surface area contributed by atoms with E-state index in [4.69, 9.17) is 4.98 Å². The third kappa shape index (κ3) is 2.35. The Kier molecular flexibility index (Phi) is 3.18. The number of aryl methyl sites for hydroxylation is 1. The molecule has 1 aliphatic heterocycles. The summed E-state index contributed by atoms with van der Waals surface area (Å²) in [6.07, 6.45) is 6.02. The lowest BCUT2D eigenvalue weighted by Gasteiger charge is -2.17. The summed E-state index contributed by atoms with van der Waals surface area (Å²) >= 11 is 0. The Morgan fingerprint density at radius 3 is 2.88 bits per heavy atom. The first-order valence-electron chi connectivity index (χ1n) is 8.63. The van der Waals surface area contributed by atoms with Crippen LogP contribution in [0.5, 0.6) is 0 Å². The normalized spacial score (nSPS) is 22.2. The molecule has 2 aliphatic rings. The largest absolute Gasteiger partial charge is 0.346 e. The third-order valence-corrected chi connectivity index (χ3v) is 7.60. The second kappa shape index (κ2) is 5.22. The molecular weight excluding hydrogens is 338 g/mol. The third-order valence-electron chi connectivity index (χ3n) is 5.23. The Balaban J connectivity index is 1.62. The Bertz CT molecular complexity index is 1090. The quantitative estimate of drug-likeness (QED) is 0.775. The Hall–Kier alpha value is -2.06. The van der Waals surface area contributed by atoms with E-state index in [-0.39, 0.29) is 11.2 Å². The molecule has 1 saturated carbocycles. The van der Waals surface area contributed by atoms with Gasteiger partial charge in [-0.05, 0) is 32.3 Å². The predicted octanol–water partition coefficient (Wildman–Crippen LogP) is 2.10. The topological polar surface area (TPSA) is 91.8 Å². The molecule has 1 unspecified atom stereocenters. The first-order valence-corrected chi connectivity index (χ1v) is 10.1. The van der Waals surface area contributed by atoms with Crippen molar-refractivity contribution in [1.82, 2.24) is 24.2 Å². The SMILES string of the molecule is Cc1nc(C2CCN(S(=O)(=O)C3CC3)C2)c2c(cnc3[nH]ccc32)n1. The van der Waals surface area contributed by atoms with Crippen molar-refractivity contribution in [3.8, 4) is 0 Å². The van der Waals surface area contributed by atoms with Crippen LogP contribution in [0, 0.1) is 6.92 Å². The van der Waals surface area contributed by atoms with Crippen LogP contribution in [0.3, 0.4) is 0 Å². The van der Waals surface area contributed by atoms with E-state index in [2.05, 4.69) is 15.0 Å². The van der Waals surface area contributed by atoms with E-state index in [1.807, 2.05) is 19.2 Å². The zero-order valence-electron chi connectivity index (χ0n) is 13.9. The van der Waals surface area contributed by atoms with Crippen LogP contribution in [0.1, 0.15) is 36.7 Å². The summed E-state index contributed by atoms with van der Waals surface area (Å²) in [5.41, 5.74) is 2.57. The van der Waals surface area contributed by atoms with E-state index in [0.29, 0.717) is 18.9 Å². The van der Waals surface area contributed by atoms with Gasteiger partial charge >= 0.3 is 0 Å². The highest BCUT2D eigenvalue weighted by atomic mass is 32.2. The fourth-order valence-corrected chi connectivity index (χ4v) is 5.74. The van der Waals surface area contributed by atoms with Gasteiger partial charge in [0.25, 0.3) is 0 Å². The molecule has 1 atom stereocenters. The minimum absolute atomic E-state index is 0.0956. The van der Waals surface area contributed by atoms with Gasteiger partial charge in [0.15, 0.2) is 0 Å². The molecule has 1 aliphatic carbocycles. The van der Waals surface area contributed by atoms with E-state index < -0.39 is 10.0 Å². The highest BCUT2D eigenvalue weighted by Gasteiger charge is 2.43. The number of H-pyrrole nitrogens is 1. The molecule has 8 heteroatoms. The molecule has 0 radical (unpaired) electrons. The van der Waals surface area contributed by atoms with Crippen molar-refractivity contribution in [2.45, 2.75) is 37.4 Å². The number of hydrogen-bond acceptors (Lipinski definition) is 5. The molecule has 0 spiro atoms. The van der Waals surface area contributed by atoms with E-state index in [0.717, 1.165) is 46.9 Å². The van der Waals surface area contributed by atoms with Gasteiger partial charge in [-0.15, -0.1) is 0 Å². The molecule has 3 aromatic rings. The average molecular weight is 357 g/mol. The fraction of sp³-hybridized carbons (Fsp3) is 0.471. The maximum absolute atomic E-state index is 12.6. The van der Waals surface area contributed by atoms with Crippen LogP contribution < -0.4 is 0 Å². The van der Waals surface area contributed by atoms with Gasteiger partial charge in [0.05, 0.1) is 22.7 Å². The van der Waals surface area contributed by atoms with Gasteiger partial charge in [0, 0.05) is 36.0 Å². The van der Waals surface area contributed by atoms with Crippen LogP contribution in [0.4, 0.5) is 0 Å². The number of rotatable bonds is 3. The van der Waals surface area contributed by atoms with Gasteiger partial charge in [-0.3, -0.25) is 0 Å². The fourth-order valence-electron chi connectivity index (χ4n) is 3.84. The molecule has 1 saturated heterocycles. The second-order valence-electron chi connectivity index (χ2n) is 7.00. The second-order valence-corrected chi connectivity index (χ2v) is 9.22. The summed E-state index contributed by atoms with van der Waals surface area (Å²) in [4.78, 5) is 16.8. The van der Waals surface area contributed by atoms with Crippen LogP contribution in [-0.2, 0) is 10.0 Å². The summed E-state index contributed by atoms with van der Waals surface area (Å²) in [5, 5.41) is 1.83. The van der Waals surface area contributed by atoms with Crippen LogP contribution in [0.25, 0.3) is 21.9 Å². The standard InChI is InChI=1S/C17H19N5O2S/c1-10-20-14-8-19-17-13(4-6-18-17)15(14)16(21-10)11-5-7-22(9-11)25(23,24)12-2-3-12/h4,6,8,11-12H,2-3,5,7,9H2,1H3,(H,18,19). The van der Waals surface area contributed by atoms with Crippen molar-refractivity contribution in [2.24, 2.45) is 0 Å². The lowest BCUT2D eigenvalue weighted by atomic mass is 9.99. The van der Waals surface area contributed by atoms with Crippen LogP contribution in [0.2, 0.25) is 0 Å². The minimum Gasteiger partial charge on any atom is -0.346 e. The number of nitrogens with zero attached hydrogens (tertiary/aromatic N) is 4. The Morgan fingerprint density at radius 2 is 2.08 bits per heavy atom. The van der Waals surface area contributed by atoms with Crippen molar-refractivity contribution < 1.29 is 8.42 Å². The van der Waals surface area contributed by atoms with Crippen molar-refractivity contribution in [1.29, 1.82) is 0 Å². The number of nitrogens with one attached hydrogen (secondary N) is 1. The molecule has 0 aromatic carbocycles. The summed E-state index contributed by atoms with van der Waals surface area (Å²) in [6, 6.07) is 1.99. The number of sulfonamides is 1. The first kappa shape index (κ1) is 15.2. The molecule has 130 valence electrons. The lowest BCUT2D eigenvalue weighted by molar-refractivity contribution is 0.471. The molecule has 7 nitrogen and oxygen atoms in total. The van der Waals surface area contributed by atoms with E-state index in [1.165, 1.54) is 0 Å². The Labute approximate surface area is 145 Å². The molecule has 0 amide bonds. The van der Waals surface area contributed by atoms with Gasteiger partial charge in [0.1, 0.15) is 11.5 Å². The zero-order chi connectivity index (χ0) is 17.2. The van der Waals surface area contributed by atoms with Crippen molar-refractivity contribution in [3.63, 3.8) is 0 Å². The van der Waals surface area contributed by atoms with Gasteiger partial charge < -0.3 is 4.98 Å². The van der Waals surface area contributed by atoms with Crippen molar-refractivity contribution in [2.75, 3.05) is 13.1 Å². The number of aromatic amines is 1. The van der Waals surface area contributed by atoms with Gasteiger partial charge in [-0.1, -0.05) is 0 Å². The van der Waals surface area contributed by atoms with Crippen molar-refractivity contribution in [3.05, 3.63) is 30.0 Å². The molecule has 5 rings (SSSR count). The van der Waals surface area contributed by atoms with Crippen LogP contribution in [0.15, 0.2) is 18.5 Å². The van der Waals surface area contributed by atoms with Crippen molar-refractivity contribution >= 4 is 32.0 Å². The van der Waals surface area contributed by atoms with Crippen LogP contribution in [-0.4, -0.2) is 51.0 Å². The smallest absolute Gasteiger partial charge is 0.217 e. The number of fused-ring (bicyclic) bond motifs is 3. The molecule has 1 N–H and O–H groups in total. The summed E-state index contributed by atoms with van der Waals surface area (Å²) in [7, 11) is -3.13. The van der Waals surface area contributed by atoms with Gasteiger partial charge in [-0.2, -0.15) is 0 Å². The maximum atomic E-state index is 12.6. The monoisotopic (exact) mass is 357 g/mol. The highest BCUT2D eigenvalue weighted by Crippen LogP contribution is 2.38. The highest BCUT2D eigenvalue weighted by molar-refractivity contribution is 7.90. The predicted molar refractivity (Wildman–Crippen MR) is 94.8 cm³/mol. The van der Waals surface area contributed by atoms with E-state index >= 15 is 0 Å². The van der Waals surface area contributed by atoms with Crippen LogP contribution >= 0.6 is 0 Å². The maximum Gasteiger partial charge on any atom is 0.217 e. The number of pyridine rings is 1. The summed E-state index contributed by atoms with van der Waals surface area (Å²) < 4.78 is 26.8. The zero-order valence-corrected chi connectivity index (χ0v) is 14.8. The summed E-state index contributed by atoms with van der Waals surface area (Å²) in [6.45, 7) is 2.96. The lowest BCUT2D eigenvalue weighted by Crippen LogP contribution is -2.31. The van der Waals surface area contributed by atoms with E-state index in [9.17, 15) is 8.42 Å². The molecule has 4 heterocycles. The van der Waals surface area contributed by atoms with E-state index in [1.54, 1.807) is 10.5 Å². The Morgan fingerprint density at radius 1 is 1.24 bits per heavy atom. The average Bonchev–Trinajstić information content (AvgIpc) is 3.15. The molecular formula is C17H19N5O2S. The summed E-state index contributed by atoms with van der Waals surface area (Å²) in [5.74, 6) is 0.793. The van der Waals surface area contributed by atoms with Gasteiger partial charge in [0.2, 0.25) is 10.0 Å². The molecule has 25 heavy (non-hydrogen) atoms. The number of hydrogen-bond donors (Lipinski definition) is 1. The van der Waals surface area contributed by atoms with Gasteiger partial charge in [-0.25, -0.2) is 27.7 Å². The number of aromatic nitrogens is 4. The molecule has 3 aromatic heterocycles. The first-order chi connectivity index (χ1) is 12.0. The molecule has 2 fully saturated rings. The minimum atomic E-state index is -3.13. The molecule has 0 bridgehead atoms.